The molecular formula is C25H29N3O2. The number of hydrogen-bond acceptors (Lipinski definition) is 4. The Kier molecular flexibility index (Phi) is 8.12. The summed E-state index contributed by atoms with van der Waals surface area (Å²) in [6.07, 6.45) is 2.44. The molecule has 0 aliphatic heterocycles. The lowest BCUT2D eigenvalue weighted by Gasteiger charge is -2.25. The zero-order valence-corrected chi connectivity index (χ0v) is 17.6. The molecule has 0 unspecified atom stereocenters. The van der Waals surface area contributed by atoms with Gasteiger partial charge in [0.1, 0.15) is 0 Å². The Morgan fingerprint density at radius 1 is 1.00 bits per heavy atom. The average Bonchev–Trinajstić information content (AvgIpc) is 2.81. The smallest absolute Gasteiger partial charge is 0.239 e. The van der Waals surface area contributed by atoms with Crippen LogP contribution in [-0.2, 0) is 22.5 Å². The number of benzene rings is 2. The van der Waals surface area contributed by atoms with Crippen LogP contribution in [0.5, 0.6) is 0 Å². The second-order valence-electron chi connectivity index (χ2n) is 7.29. The number of rotatable bonds is 10. The topological polar surface area (TPSA) is 54.5 Å². The van der Waals surface area contributed by atoms with Crippen LogP contribution in [-0.4, -0.2) is 49.1 Å². The van der Waals surface area contributed by atoms with E-state index in [0.717, 1.165) is 22.4 Å². The molecule has 156 valence electrons. The molecule has 0 fully saturated rings. The van der Waals surface area contributed by atoms with Gasteiger partial charge in [0, 0.05) is 39.0 Å². The van der Waals surface area contributed by atoms with E-state index in [0.29, 0.717) is 26.1 Å². The second-order valence-corrected chi connectivity index (χ2v) is 7.29. The minimum Gasteiger partial charge on any atom is -0.383 e. The van der Waals surface area contributed by atoms with Gasteiger partial charge in [0.15, 0.2) is 0 Å². The Hall–Kier alpha value is -3.02. The van der Waals surface area contributed by atoms with Crippen molar-refractivity contribution >= 4 is 5.91 Å². The molecule has 0 aliphatic rings. The maximum atomic E-state index is 13.0. The fourth-order valence-corrected chi connectivity index (χ4v) is 3.27. The summed E-state index contributed by atoms with van der Waals surface area (Å²) < 4.78 is 5.12. The van der Waals surface area contributed by atoms with E-state index in [1.165, 1.54) is 0 Å². The molecule has 0 saturated heterocycles. The molecule has 0 radical (unpaired) electrons. The van der Waals surface area contributed by atoms with Crippen LogP contribution in [0.4, 0.5) is 0 Å². The molecule has 0 aliphatic carbocycles. The van der Waals surface area contributed by atoms with E-state index in [4.69, 9.17) is 4.74 Å². The second kappa shape index (κ2) is 11.2. The van der Waals surface area contributed by atoms with Gasteiger partial charge >= 0.3 is 0 Å². The highest BCUT2D eigenvalue weighted by Gasteiger charge is 2.22. The number of likely N-dealkylation sites (N-methyl/N-ethyl adjacent to an activating group) is 1. The molecule has 0 saturated carbocycles. The molecule has 1 atom stereocenters. The number of nitrogens with zero attached hydrogens (tertiary/aromatic N) is 2. The molecule has 1 N–H and O–H groups in total. The lowest BCUT2D eigenvalue weighted by atomic mass is 10.0. The van der Waals surface area contributed by atoms with Crippen molar-refractivity contribution in [2.24, 2.45) is 0 Å². The van der Waals surface area contributed by atoms with Crippen LogP contribution in [0, 0.1) is 0 Å². The van der Waals surface area contributed by atoms with Crippen LogP contribution in [0.2, 0.25) is 0 Å². The van der Waals surface area contributed by atoms with Crippen LogP contribution in [0.3, 0.4) is 0 Å². The van der Waals surface area contributed by atoms with E-state index in [1.807, 2.05) is 43.4 Å². The first-order valence-electron chi connectivity index (χ1n) is 10.2. The van der Waals surface area contributed by atoms with Crippen LogP contribution in [0.25, 0.3) is 11.3 Å². The number of carbonyl (C=O) groups is 1. The summed E-state index contributed by atoms with van der Waals surface area (Å²) in [5.74, 6) is 0.0704. The molecule has 2 aromatic carbocycles. The summed E-state index contributed by atoms with van der Waals surface area (Å²) in [6.45, 7) is 1.71. The van der Waals surface area contributed by atoms with Crippen molar-refractivity contribution in [3.05, 3.63) is 90.1 Å². The van der Waals surface area contributed by atoms with E-state index in [-0.39, 0.29) is 11.9 Å². The molecule has 0 spiro atoms. The monoisotopic (exact) mass is 403 g/mol. The normalized spacial score (nSPS) is 11.8. The predicted molar refractivity (Wildman–Crippen MR) is 120 cm³/mol. The molecule has 0 bridgehead atoms. The van der Waals surface area contributed by atoms with E-state index in [9.17, 15) is 4.79 Å². The van der Waals surface area contributed by atoms with Gasteiger partial charge in [-0.15, -0.1) is 0 Å². The van der Waals surface area contributed by atoms with Crippen molar-refractivity contribution in [2.45, 2.75) is 19.0 Å². The van der Waals surface area contributed by atoms with Crippen molar-refractivity contribution in [2.75, 3.05) is 27.3 Å². The summed E-state index contributed by atoms with van der Waals surface area (Å²) in [5.41, 5.74) is 4.29. The van der Waals surface area contributed by atoms with Crippen LogP contribution in [0.1, 0.15) is 11.1 Å². The Morgan fingerprint density at radius 3 is 2.40 bits per heavy atom. The van der Waals surface area contributed by atoms with Gasteiger partial charge in [-0.25, -0.2) is 0 Å². The summed E-state index contributed by atoms with van der Waals surface area (Å²) in [7, 11) is 3.47. The van der Waals surface area contributed by atoms with Gasteiger partial charge in [-0.3, -0.25) is 9.78 Å². The van der Waals surface area contributed by atoms with Crippen molar-refractivity contribution in [3.63, 3.8) is 0 Å². The maximum absolute atomic E-state index is 13.0. The number of pyridine rings is 1. The van der Waals surface area contributed by atoms with Gasteiger partial charge in [-0.05, 0) is 29.7 Å². The molecule has 5 nitrogen and oxygen atoms in total. The fraction of sp³-hybridized carbons (Fsp3) is 0.280. The maximum Gasteiger partial charge on any atom is 0.239 e. The van der Waals surface area contributed by atoms with Crippen molar-refractivity contribution in [1.82, 2.24) is 15.2 Å². The lowest BCUT2D eigenvalue weighted by molar-refractivity contribution is -0.132. The third-order valence-electron chi connectivity index (χ3n) is 5.05. The Labute approximate surface area is 178 Å². The first-order valence-corrected chi connectivity index (χ1v) is 10.2. The van der Waals surface area contributed by atoms with Crippen LogP contribution >= 0.6 is 0 Å². The molecule has 1 amide bonds. The van der Waals surface area contributed by atoms with Crippen LogP contribution in [0.15, 0.2) is 79.0 Å². The number of carbonyl (C=O) groups excluding carboxylic acids is 1. The Morgan fingerprint density at radius 2 is 1.73 bits per heavy atom. The summed E-state index contributed by atoms with van der Waals surface area (Å²) in [5, 5.41) is 3.45. The first-order chi connectivity index (χ1) is 14.7. The third-order valence-corrected chi connectivity index (χ3v) is 5.05. The largest absolute Gasteiger partial charge is 0.383 e. The van der Waals surface area contributed by atoms with Crippen LogP contribution < -0.4 is 5.32 Å². The average molecular weight is 404 g/mol. The fourth-order valence-electron chi connectivity index (χ4n) is 3.27. The molecule has 3 aromatic rings. The van der Waals surface area contributed by atoms with E-state index in [1.54, 1.807) is 18.2 Å². The highest BCUT2D eigenvalue weighted by molar-refractivity contribution is 5.82. The van der Waals surface area contributed by atoms with Gasteiger partial charge in [0.2, 0.25) is 5.91 Å². The van der Waals surface area contributed by atoms with Gasteiger partial charge in [-0.1, -0.05) is 60.7 Å². The zero-order chi connectivity index (χ0) is 21.2. The van der Waals surface area contributed by atoms with Gasteiger partial charge in [-0.2, -0.15) is 0 Å². The predicted octanol–water partition coefficient (Wildman–Crippen LogP) is 3.55. The molecule has 1 aromatic heterocycles. The van der Waals surface area contributed by atoms with E-state index < -0.39 is 0 Å². The summed E-state index contributed by atoms with van der Waals surface area (Å²) in [4.78, 5) is 19.1. The molecular weight excluding hydrogens is 374 g/mol. The summed E-state index contributed by atoms with van der Waals surface area (Å²) >= 11 is 0. The molecule has 5 heteroatoms. The Balaban J connectivity index is 1.67. The van der Waals surface area contributed by atoms with Crippen molar-refractivity contribution in [3.8, 4) is 11.3 Å². The minimum absolute atomic E-state index is 0.0704. The minimum atomic E-state index is -0.301. The molecule has 30 heavy (non-hydrogen) atoms. The van der Waals surface area contributed by atoms with Gasteiger partial charge in [0.05, 0.1) is 18.3 Å². The molecule has 1 heterocycles. The lowest BCUT2D eigenvalue weighted by Crippen LogP contribution is -2.46. The quantitative estimate of drug-likeness (QED) is 0.562. The number of ether oxygens (including phenoxy) is 1. The SMILES string of the molecule is COCCN(C)C(=O)[C@H](Cc1ccccc1)NCc1ccc(-c2ccccn2)cc1. The van der Waals surface area contributed by atoms with E-state index in [2.05, 4.69) is 46.7 Å². The zero-order valence-electron chi connectivity index (χ0n) is 17.6. The molecule has 3 rings (SSSR count). The third kappa shape index (κ3) is 6.24. The highest BCUT2D eigenvalue weighted by atomic mass is 16.5. The number of nitrogens with one attached hydrogen (secondary N) is 1. The van der Waals surface area contributed by atoms with Gasteiger partial charge in [0.25, 0.3) is 0 Å². The van der Waals surface area contributed by atoms with Crippen molar-refractivity contribution in [1.29, 1.82) is 0 Å². The number of aromatic nitrogens is 1. The Bertz CT molecular complexity index is 899. The highest BCUT2D eigenvalue weighted by Crippen LogP contribution is 2.17. The standard InChI is InChI=1S/C25H29N3O2/c1-28(16-17-30-2)25(29)24(18-20-8-4-3-5-9-20)27-19-21-11-13-22(14-12-21)23-10-6-7-15-26-23/h3-15,24,27H,16-19H2,1-2H3/t24-/m0/s1. The van der Waals surface area contributed by atoms with Crippen molar-refractivity contribution < 1.29 is 9.53 Å². The van der Waals surface area contributed by atoms with Gasteiger partial charge < -0.3 is 15.0 Å². The summed E-state index contributed by atoms with van der Waals surface area (Å²) in [6, 6.07) is 24.0. The first kappa shape index (κ1) is 21.7. The number of hydrogen-bond donors (Lipinski definition) is 1. The number of amides is 1. The van der Waals surface area contributed by atoms with E-state index >= 15 is 0 Å². The number of methoxy groups -OCH3 is 1.